The van der Waals surface area contributed by atoms with E-state index < -0.39 is 0 Å². The van der Waals surface area contributed by atoms with Crippen LogP contribution in [0.5, 0.6) is 0 Å². The first kappa shape index (κ1) is 24.3. The number of hydrogen-bond donors (Lipinski definition) is 6. The Bertz CT molecular complexity index is 1740. The molecule has 0 unspecified atom stereocenters. The summed E-state index contributed by atoms with van der Waals surface area (Å²) in [7, 11) is 0. The minimum atomic E-state index is 0.189. The molecule has 0 atom stereocenters. The highest BCUT2D eigenvalue weighted by Crippen LogP contribution is 2.39. The van der Waals surface area contributed by atoms with Gasteiger partial charge in [0.05, 0.1) is 11.4 Å². The molecule has 12 nitrogen and oxygen atoms in total. The topological polar surface area (TPSA) is 211 Å². The molecule has 6 rings (SSSR count). The fraction of sp³-hybridized carbons (Fsp3) is 0. The van der Waals surface area contributed by atoms with Crippen molar-refractivity contribution in [2.75, 3.05) is 22.9 Å². The molecule has 0 radical (unpaired) electrons. The summed E-state index contributed by atoms with van der Waals surface area (Å²) in [4.78, 5) is 0. The van der Waals surface area contributed by atoms with E-state index in [2.05, 4.69) is 65.1 Å². The van der Waals surface area contributed by atoms with E-state index in [1.54, 1.807) is 0 Å². The van der Waals surface area contributed by atoms with Gasteiger partial charge in [0.15, 0.2) is 23.0 Å². The Labute approximate surface area is 227 Å². The fourth-order valence-corrected chi connectivity index (χ4v) is 4.45. The van der Waals surface area contributed by atoms with Gasteiger partial charge in [-0.15, -0.1) is 10.2 Å². The number of rotatable bonds is 6. The second kappa shape index (κ2) is 10.0. The molecule has 0 aliphatic heterocycles. The van der Waals surface area contributed by atoms with E-state index in [-0.39, 0.29) is 23.3 Å². The molecule has 40 heavy (non-hydrogen) atoms. The van der Waals surface area contributed by atoms with Crippen molar-refractivity contribution in [3.05, 3.63) is 84.9 Å². The van der Waals surface area contributed by atoms with Gasteiger partial charge >= 0.3 is 0 Å². The Morgan fingerprint density at radius 1 is 0.525 bits per heavy atom. The first-order valence-electron chi connectivity index (χ1n) is 12.2. The molecule has 0 aliphatic rings. The van der Waals surface area contributed by atoms with E-state index in [0.29, 0.717) is 22.7 Å². The van der Waals surface area contributed by atoms with Crippen LogP contribution in [0.15, 0.2) is 105 Å². The van der Waals surface area contributed by atoms with Crippen LogP contribution in [0.4, 0.5) is 46.0 Å². The van der Waals surface area contributed by atoms with Crippen LogP contribution >= 0.6 is 0 Å². The second-order valence-electron chi connectivity index (χ2n) is 8.95. The predicted molar refractivity (Wildman–Crippen MR) is 158 cm³/mol. The van der Waals surface area contributed by atoms with Crippen LogP contribution in [0.1, 0.15) is 0 Å². The summed E-state index contributed by atoms with van der Waals surface area (Å²) in [6, 6.07) is 28.0. The van der Waals surface area contributed by atoms with Gasteiger partial charge in [0.1, 0.15) is 11.6 Å². The van der Waals surface area contributed by atoms with Gasteiger partial charge in [0, 0.05) is 0 Å². The molecular formula is C28H24N12. The Morgan fingerprint density at radius 3 is 1.40 bits per heavy atom. The Hall–Kier alpha value is -6.04. The third-order valence-electron chi connectivity index (χ3n) is 6.34. The average molecular weight is 529 g/mol. The lowest BCUT2D eigenvalue weighted by Crippen LogP contribution is -1.87. The molecule has 0 aliphatic carbocycles. The summed E-state index contributed by atoms with van der Waals surface area (Å²) in [5, 5.41) is 32.1. The van der Waals surface area contributed by atoms with Gasteiger partial charge in [-0.1, -0.05) is 60.7 Å². The van der Waals surface area contributed by atoms with Crippen molar-refractivity contribution in [2.24, 2.45) is 20.5 Å². The molecule has 6 aromatic rings. The van der Waals surface area contributed by atoms with Crippen LogP contribution in [-0.4, -0.2) is 20.4 Å². The number of nitrogens with one attached hydrogen (secondary N) is 2. The fourth-order valence-electron chi connectivity index (χ4n) is 4.45. The van der Waals surface area contributed by atoms with Crippen LogP contribution in [0.2, 0.25) is 0 Å². The van der Waals surface area contributed by atoms with Crippen molar-refractivity contribution in [2.45, 2.75) is 0 Å². The summed E-state index contributed by atoms with van der Waals surface area (Å²) in [6.45, 7) is 0. The number of H-pyrrole nitrogens is 2. The zero-order valence-corrected chi connectivity index (χ0v) is 21.1. The second-order valence-corrected chi connectivity index (χ2v) is 8.95. The van der Waals surface area contributed by atoms with Crippen LogP contribution in [0, 0.1) is 0 Å². The maximum Gasteiger partial charge on any atom is 0.175 e. The predicted octanol–water partition coefficient (Wildman–Crippen LogP) is 6.78. The molecule has 0 amide bonds. The van der Waals surface area contributed by atoms with E-state index in [0.717, 1.165) is 33.0 Å². The third kappa shape index (κ3) is 4.56. The van der Waals surface area contributed by atoms with Crippen molar-refractivity contribution in [1.29, 1.82) is 0 Å². The Kier molecular flexibility index (Phi) is 6.09. The number of aromatic amines is 2. The number of aromatic nitrogens is 4. The molecular weight excluding hydrogens is 504 g/mol. The van der Waals surface area contributed by atoms with E-state index in [4.69, 9.17) is 22.9 Å². The minimum Gasteiger partial charge on any atom is -0.382 e. The molecule has 2 heterocycles. The van der Waals surface area contributed by atoms with Crippen LogP contribution in [-0.2, 0) is 0 Å². The number of benzene rings is 4. The molecule has 0 saturated heterocycles. The van der Waals surface area contributed by atoms with Crippen LogP contribution in [0.3, 0.4) is 0 Å². The zero-order valence-electron chi connectivity index (χ0n) is 21.1. The molecule has 10 N–H and O–H groups in total. The molecule has 0 spiro atoms. The van der Waals surface area contributed by atoms with Crippen molar-refractivity contribution >= 4 is 56.8 Å². The van der Waals surface area contributed by atoms with Crippen molar-refractivity contribution in [3.8, 4) is 22.3 Å². The van der Waals surface area contributed by atoms with Gasteiger partial charge in [0.2, 0.25) is 0 Å². The molecule has 0 saturated carbocycles. The molecule has 2 aromatic heterocycles. The number of azo groups is 2. The monoisotopic (exact) mass is 528 g/mol. The van der Waals surface area contributed by atoms with E-state index >= 15 is 0 Å². The van der Waals surface area contributed by atoms with Crippen molar-refractivity contribution in [3.63, 3.8) is 0 Å². The number of anilines is 4. The summed E-state index contributed by atoms with van der Waals surface area (Å²) in [5.41, 5.74) is 29.3. The molecule has 0 fully saturated rings. The molecule has 12 heteroatoms. The normalized spacial score (nSPS) is 11.7. The average Bonchev–Trinajstić information content (AvgIpc) is 3.48. The highest BCUT2D eigenvalue weighted by molar-refractivity contribution is 6.06. The number of nitrogens with two attached hydrogens (primary N) is 4. The van der Waals surface area contributed by atoms with Gasteiger partial charge < -0.3 is 22.9 Å². The first-order chi connectivity index (χ1) is 19.5. The van der Waals surface area contributed by atoms with Gasteiger partial charge in [-0.3, -0.25) is 10.2 Å². The highest BCUT2D eigenvalue weighted by Gasteiger charge is 2.12. The molecule has 0 bridgehead atoms. The van der Waals surface area contributed by atoms with E-state index in [1.807, 2.05) is 60.7 Å². The van der Waals surface area contributed by atoms with Crippen molar-refractivity contribution < 1.29 is 0 Å². The van der Waals surface area contributed by atoms with Crippen LogP contribution in [0.25, 0.3) is 33.0 Å². The summed E-state index contributed by atoms with van der Waals surface area (Å²) in [5.74, 6) is 0.897. The Balaban J connectivity index is 1.41. The number of fused-ring (bicyclic) bond motifs is 1. The van der Waals surface area contributed by atoms with Gasteiger partial charge in [0.25, 0.3) is 0 Å². The maximum absolute atomic E-state index is 5.85. The first-order valence-corrected chi connectivity index (χ1v) is 12.2. The van der Waals surface area contributed by atoms with Gasteiger partial charge in [-0.05, 0) is 57.3 Å². The Morgan fingerprint density at radius 2 is 0.975 bits per heavy atom. The SMILES string of the molecule is Nc1n[nH]c(N)c1/N=N/c1cccc(-c2cccc3cccc(-c4cccc(/N=N/c5c(N)n[nH]c5N)c4)c23)c1. The van der Waals surface area contributed by atoms with Crippen LogP contribution < -0.4 is 22.9 Å². The van der Waals surface area contributed by atoms with Crippen molar-refractivity contribution in [1.82, 2.24) is 20.4 Å². The third-order valence-corrected chi connectivity index (χ3v) is 6.34. The summed E-state index contributed by atoms with van der Waals surface area (Å²) < 4.78 is 0. The summed E-state index contributed by atoms with van der Waals surface area (Å²) in [6.07, 6.45) is 0. The zero-order chi connectivity index (χ0) is 27.6. The highest BCUT2D eigenvalue weighted by atomic mass is 15.3. The molecule has 196 valence electrons. The molecule has 4 aromatic carbocycles. The van der Waals surface area contributed by atoms with Gasteiger partial charge in [-0.2, -0.15) is 20.4 Å². The number of nitrogens with zero attached hydrogens (tertiary/aromatic N) is 6. The lowest BCUT2D eigenvalue weighted by Gasteiger charge is -2.13. The summed E-state index contributed by atoms with van der Waals surface area (Å²) >= 11 is 0. The minimum absolute atomic E-state index is 0.189. The van der Waals surface area contributed by atoms with E-state index in [1.165, 1.54) is 0 Å². The maximum atomic E-state index is 5.85. The smallest absolute Gasteiger partial charge is 0.175 e. The van der Waals surface area contributed by atoms with Gasteiger partial charge in [-0.25, -0.2) is 0 Å². The quantitative estimate of drug-likeness (QED) is 0.128. The largest absolute Gasteiger partial charge is 0.382 e. The standard InChI is InChI=1S/C28H24N12/c29-25-23(26(30)38-37-25)35-33-18-9-1-7-16(13-18)20-11-3-5-15-6-4-12-21(22(15)20)17-8-2-10-19(14-17)34-36-24-27(31)39-40-28(24)32/h1-14H,(H5,29,30,37,38)(H5,31,32,39,40)/b35-33+,36-34+. The lowest BCUT2D eigenvalue weighted by atomic mass is 9.91. The number of hydrogen-bond acceptors (Lipinski definition) is 10. The van der Waals surface area contributed by atoms with E-state index in [9.17, 15) is 0 Å². The lowest BCUT2D eigenvalue weighted by molar-refractivity contribution is 1.11. The number of nitrogen functional groups attached to an aromatic ring is 4.